The van der Waals surface area contributed by atoms with Gasteiger partial charge in [-0.25, -0.2) is 4.98 Å². The van der Waals surface area contributed by atoms with Crippen molar-refractivity contribution >= 4 is 23.2 Å². The second-order valence-electron chi connectivity index (χ2n) is 7.01. The summed E-state index contributed by atoms with van der Waals surface area (Å²) in [6.07, 6.45) is 0.826. The summed E-state index contributed by atoms with van der Waals surface area (Å²) in [4.78, 5) is 32.0. The fourth-order valence-corrected chi connectivity index (χ4v) is 2.95. The molecule has 1 aromatic heterocycles. The minimum absolute atomic E-state index is 0.130. The fourth-order valence-electron chi connectivity index (χ4n) is 2.95. The predicted molar refractivity (Wildman–Crippen MR) is 119 cm³/mol. The zero-order chi connectivity index (χ0) is 22.2. The van der Waals surface area contributed by atoms with Crippen LogP contribution in [0.2, 0.25) is 0 Å². The molecule has 0 aliphatic heterocycles. The Hall–Kier alpha value is -3.81. The first-order chi connectivity index (χ1) is 14.9. The number of benzene rings is 2. The third kappa shape index (κ3) is 6.33. The van der Waals surface area contributed by atoms with Crippen LogP contribution in [0, 0.1) is 13.8 Å². The third-order valence-corrected chi connectivity index (χ3v) is 4.62. The van der Waals surface area contributed by atoms with Crippen LogP contribution in [0.1, 0.15) is 23.6 Å². The highest BCUT2D eigenvalue weighted by Crippen LogP contribution is 2.25. The normalized spacial score (nSPS) is 10.4. The number of methoxy groups -OCH3 is 1. The largest absolute Gasteiger partial charge is 0.493 e. The summed E-state index contributed by atoms with van der Waals surface area (Å²) in [5.41, 5.74) is 3.10. The first-order valence-corrected chi connectivity index (χ1v) is 9.92. The van der Waals surface area contributed by atoms with Crippen LogP contribution in [0.25, 0.3) is 0 Å². The van der Waals surface area contributed by atoms with Crippen molar-refractivity contribution in [3.63, 3.8) is 0 Å². The Bertz CT molecular complexity index is 1040. The lowest BCUT2D eigenvalue weighted by atomic mass is 10.2. The van der Waals surface area contributed by atoms with Gasteiger partial charge in [-0.2, -0.15) is 0 Å². The maximum Gasteiger partial charge on any atom is 0.262 e. The van der Waals surface area contributed by atoms with Crippen molar-refractivity contribution in [2.24, 2.45) is 0 Å². The van der Waals surface area contributed by atoms with E-state index >= 15 is 0 Å². The second kappa shape index (κ2) is 10.3. The number of para-hydroxylation sites is 2. The minimum atomic E-state index is -0.321. The van der Waals surface area contributed by atoms with Crippen LogP contribution in [0.15, 0.2) is 48.5 Å². The molecule has 0 spiro atoms. The molecule has 0 aliphatic rings. The molecule has 0 saturated carbocycles. The van der Waals surface area contributed by atoms with Gasteiger partial charge in [-0.3, -0.25) is 9.59 Å². The zero-order valence-corrected chi connectivity index (χ0v) is 17.8. The molecule has 3 N–H and O–H groups in total. The van der Waals surface area contributed by atoms with Crippen molar-refractivity contribution < 1.29 is 19.1 Å². The third-order valence-electron chi connectivity index (χ3n) is 4.62. The van der Waals surface area contributed by atoms with Gasteiger partial charge in [0, 0.05) is 29.9 Å². The molecule has 1 heterocycles. The van der Waals surface area contributed by atoms with E-state index in [-0.39, 0.29) is 18.4 Å². The van der Waals surface area contributed by atoms with Gasteiger partial charge >= 0.3 is 0 Å². The monoisotopic (exact) mass is 422 g/mol. The summed E-state index contributed by atoms with van der Waals surface area (Å²) in [7, 11) is 1.54. The lowest BCUT2D eigenvalue weighted by Gasteiger charge is -2.11. The highest BCUT2D eigenvalue weighted by molar-refractivity contribution is 5.94. The molecule has 162 valence electrons. The van der Waals surface area contributed by atoms with Crippen LogP contribution in [-0.2, 0) is 16.0 Å². The Morgan fingerprint density at radius 2 is 1.65 bits per heavy atom. The summed E-state index contributed by atoms with van der Waals surface area (Å²) < 4.78 is 10.7. The maximum atomic E-state index is 12.3. The molecule has 0 radical (unpaired) electrons. The van der Waals surface area contributed by atoms with Crippen molar-refractivity contribution in [3.05, 3.63) is 65.7 Å². The van der Waals surface area contributed by atoms with E-state index in [1.54, 1.807) is 49.6 Å². The molecular formula is C23H26N4O4. The Labute approximate surface area is 181 Å². The molecule has 0 bridgehead atoms. The van der Waals surface area contributed by atoms with E-state index in [2.05, 4.69) is 20.6 Å². The summed E-state index contributed by atoms with van der Waals surface area (Å²) in [6.45, 7) is 3.71. The van der Waals surface area contributed by atoms with Crippen molar-refractivity contribution in [2.75, 3.05) is 24.4 Å². The fraction of sp³-hybridized carbons (Fsp3) is 0.261. The molecule has 0 atom stereocenters. The Kier molecular flexibility index (Phi) is 7.26. The zero-order valence-electron chi connectivity index (χ0n) is 17.8. The number of imidazole rings is 1. The Morgan fingerprint density at radius 3 is 2.29 bits per heavy atom. The molecule has 2 amide bonds. The number of carbonyl (C=O) groups is 2. The number of H-pyrrole nitrogens is 1. The predicted octanol–water partition coefficient (Wildman–Crippen LogP) is 3.62. The first kappa shape index (κ1) is 21.9. The van der Waals surface area contributed by atoms with Gasteiger partial charge in [0.1, 0.15) is 5.82 Å². The molecule has 3 aromatic rings. The summed E-state index contributed by atoms with van der Waals surface area (Å²) in [5.74, 6) is 1.39. The average Bonchev–Trinajstić information content (AvgIpc) is 3.08. The number of nitrogens with zero attached hydrogens (tertiary/aromatic N) is 1. The number of rotatable bonds is 9. The molecule has 8 nitrogen and oxygen atoms in total. The maximum absolute atomic E-state index is 12.3. The molecule has 0 saturated heterocycles. The first-order valence-electron chi connectivity index (χ1n) is 9.92. The second-order valence-corrected chi connectivity index (χ2v) is 7.01. The van der Waals surface area contributed by atoms with Crippen LogP contribution in [0.3, 0.4) is 0 Å². The van der Waals surface area contributed by atoms with Crippen LogP contribution in [-0.4, -0.2) is 35.5 Å². The lowest BCUT2D eigenvalue weighted by molar-refractivity contribution is -0.118. The van der Waals surface area contributed by atoms with Gasteiger partial charge < -0.3 is 25.1 Å². The van der Waals surface area contributed by atoms with Crippen molar-refractivity contribution in [1.29, 1.82) is 0 Å². The van der Waals surface area contributed by atoms with Gasteiger partial charge in [0.05, 0.1) is 12.8 Å². The van der Waals surface area contributed by atoms with E-state index in [1.807, 2.05) is 19.9 Å². The average molecular weight is 422 g/mol. The molecule has 8 heteroatoms. The molecule has 0 unspecified atom stereocenters. The number of aromatic amines is 1. The number of ether oxygens (including phenoxy) is 2. The topological polar surface area (TPSA) is 105 Å². The highest BCUT2D eigenvalue weighted by Gasteiger charge is 2.10. The van der Waals surface area contributed by atoms with E-state index < -0.39 is 0 Å². The molecule has 2 aromatic carbocycles. The number of aromatic nitrogens is 2. The van der Waals surface area contributed by atoms with Gasteiger partial charge in [0.2, 0.25) is 5.91 Å². The smallest absolute Gasteiger partial charge is 0.262 e. The molecule has 0 fully saturated rings. The van der Waals surface area contributed by atoms with Crippen molar-refractivity contribution in [2.45, 2.75) is 26.7 Å². The van der Waals surface area contributed by atoms with Gasteiger partial charge in [-0.05, 0) is 44.2 Å². The van der Waals surface area contributed by atoms with E-state index in [0.29, 0.717) is 35.7 Å². The molecular weight excluding hydrogens is 396 g/mol. The van der Waals surface area contributed by atoms with Gasteiger partial charge in [-0.1, -0.05) is 18.2 Å². The van der Waals surface area contributed by atoms with Gasteiger partial charge in [0.15, 0.2) is 18.1 Å². The van der Waals surface area contributed by atoms with Crippen LogP contribution in [0.4, 0.5) is 11.4 Å². The van der Waals surface area contributed by atoms with E-state index in [9.17, 15) is 9.59 Å². The number of amides is 2. The number of carbonyl (C=O) groups excluding carboxylic acids is 2. The summed E-state index contributed by atoms with van der Waals surface area (Å²) >= 11 is 0. The van der Waals surface area contributed by atoms with Crippen molar-refractivity contribution in [3.8, 4) is 11.5 Å². The quantitative estimate of drug-likeness (QED) is 0.488. The SMILES string of the molecule is COc1ccccc1OCC(=O)Nc1cccc(NC(=O)CCc2nc(C)c(C)[nH]2)c1. The van der Waals surface area contributed by atoms with Gasteiger partial charge in [-0.15, -0.1) is 0 Å². The van der Waals surface area contributed by atoms with E-state index in [1.165, 1.54) is 0 Å². The summed E-state index contributed by atoms with van der Waals surface area (Å²) in [6, 6.07) is 14.1. The summed E-state index contributed by atoms with van der Waals surface area (Å²) in [5, 5.41) is 5.60. The Morgan fingerprint density at radius 1 is 0.968 bits per heavy atom. The number of aryl methyl sites for hydroxylation is 3. The Balaban J connectivity index is 1.49. The number of hydrogen-bond acceptors (Lipinski definition) is 5. The van der Waals surface area contributed by atoms with E-state index in [0.717, 1.165) is 17.2 Å². The highest BCUT2D eigenvalue weighted by atomic mass is 16.5. The van der Waals surface area contributed by atoms with Crippen LogP contribution >= 0.6 is 0 Å². The lowest BCUT2D eigenvalue weighted by Crippen LogP contribution is -2.20. The van der Waals surface area contributed by atoms with Crippen LogP contribution in [0.5, 0.6) is 11.5 Å². The van der Waals surface area contributed by atoms with Crippen molar-refractivity contribution in [1.82, 2.24) is 9.97 Å². The number of nitrogens with one attached hydrogen (secondary N) is 3. The number of anilines is 2. The molecule has 3 rings (SSSR count). The molecule has 31 heavy (non-hydrogen) atoms. The van der Waals surface area contributed by atoms with Gasteiger partial charge in [0.25, 0.3) is 5.91 Å². The number of hydrogen-bond donors (Lipinski definition) is 3. The molecule has 0 aliphatic carbocycles. The van der Waals surface area contributed by atoms with E-state index in [4.69, 9.17) is 9.47 Å². The standard InChI is InChI=1S/C23H26N4O4/c1-15-16(2)25-21(24-15)11-12-22(28)26-17-7-6-8-18(13-17)27-23(29)14-31-20-10-5-4-9-19(20)30-3/h4-10,13H,11-12,14H2,1-3H3,(H,24,25)(H,26,28)(H,27,29). The van der Waals surface area contributed by atoms with Crippen LogP contribution < -0.4 is 20.1 Å². The minimum Gasteiger partial charge on any atom is -0.493 e.